The van der Waals surface area contributed by atoms with Crippen LogP contribution in [-0.2, 0) is 11.2 Å². The van der Waals surface area contributed by atoms with E-state index in [2.05, 4.69) is 15.0 Å². The van der Waals surface area contributed by atoms with Gasteiger partial charge < -0.3 is 5.11 Å². The summed E-state index contributed by atoms with van der Waals surface area (Å²) < 4.78 is 1.91. The molecule has 0 aliphatic carbocycles. The van der Waals surface area contributed by atoms with Crippen molar-refractivity contribution < 1.29 is 9.90 Å². The summed E-state index contributed by atoms with van der Waals surface area (Å²) in [5.74, 6) is -0.798. The normalized spacial score (nSPS) is 10.9. The van der Waals surface area contributed by atoms with Crippen molar-refractivity contribution in [2.45, 2.75) is 12.8 Å². The molecule has 1 N–H and O–H groups in total. The summed E-state index contributed by atoms with van der Waals surface area (Å²) in [6.07, 6.45) is 7.36. The summed E-state index contributed by atoms with van der Waals surface area (Å²) in [7, 11) is 0. The number of aromatic nitrogens is 4. The zero-order valence-electron chi connectivity index (χ0n) is 9.85. The molecule has 0 unspecified atom stereocenters. The molecule has 3 rings (SSSR count). The minimum atomic E-state index is -0.798. The van der Waals surface area contributed by atoms with Crippen LogP contribution in [0.1, 0.15) is 12.1 Å². The van der Waals surface area contributed by atoms with E-state index in [1.54, 1.807) is 18.6 Å². The number of aryl methyl sites for hydroxylation is 1. The minimum Gasteiger partial charge on any atom is -0.481 e. The van der Waals surface area contributed by atoms with Crippen molar-refractivity contribution in [2.75, 3.05) is 0 Å². The van der Waals surface area contributed by atoms with Crippen LogP contribution in [0.2, 0.25) is 0 Å². The van der Waals surface area contributed by atoms with Gasteiger partial charge in [-0.1, -0.05) is 0 Å². The van der Waals surface area contributed by atoms with E-state index in [-0.39, 0.29) is 6.42 Å². The van der Waals surface area contributed by atoms with Crippen LogP contribution < -0.4 is 0 Å². The topological polar surface area (TPSA) is 80.4 Å². The molecule has 0 spiro atoms. The second kappa shape index (κ2) is 4.77. The molecule has 0 aromatic carbocycles. The molecule has 19 heavy (non-hydrogen) atoms. The van der Waals surface area contributed by atoms with Crippen LogP contribution >= 0.6 is 11.3 Å². The molecule has 0 bridgehead atoms. The Kier molecular flexibility index (Phi) is 2.96. The summed E-state index contributed by atoms with van der Waals surface area (Å²) in [6.45, 7) is 0. The first-order chi connectivity index (χ1) is 9.24. The second-order valence-corrected chi connectivity index (χ2v) is 4.83. The highest BCUT2D eigenvalue weighted by Crippen LogP contribution is 2.22. The number of fused-ring (bicyclic) bond motifs is 1. The van der Waals surface area contributed by atoms with Crippen LogP contribution in [-0.4, -0.2) is 30.4 Å². The molecule has 6 nitrogen and oxygen atoms in total. The predicted molar refractivity (Wildman–Crippen MR) is 70.1 cm³/mol. The third-order valence-electron chi connectivity index (χ3n) is 2.70. The molecule has 0 saturated heterocycles. The van der Waals surface area contributed by atoms with Gasteiger partial charge in [-0.05, 0) is 6.42 Å². The Morgan fingerprint density at radius 1 is 1.37 bits per heavy atom. The number of carbonyl (C=O) groups is 1. The largest absolute Gasteiger partial charge is 0.481 e. The lowest BCUT2D eigenvalue weighted by Gasteiger charge is -1.95. The van der Waals surface area contributed by atoms with E-state index in [1.807, 2.05) is 16.0 Å². The Morgan fingerprint density at radius 3 is 3.00 bits per heavy atom. The fraction of sp³-hybridized carbons (Fsp3) is 0.167. The lowest BCUT2D eigenvalue weighted by molar-refractivity contribution is -0.136. The van der Waals surface area contributed by atoms with Crippen LogP contribution in [0.4, 0.5) is 0 Å². The average Bonchev–Trinajstić information content (AvgIpc) is 2.97. The maximum absolute atomic E-state index is 10.6. The lowest BCUT2D eigenvalue weighted by atomic mass is 10.2. The van der Waals surface area contributed by atoms with Gasteiger partial charge in [0.05, 0.1) is 12.6 Å². The standard InChI is InChI=1S/C12H10N4O2S/c17-11(18)2-1-8-7-19-12-15-10(6-16(8)12)9-5-13-3-4-14-9/h3-7H,1-2H2,(H,17,18). The first kappa shape index (κ1) is 11.8. The number of aliphatic carboxylic acids is 1. The van der Waals surface area contributed by atoms with Crippen molar-refractivity contribution in [3.8, 4) is 11.4 Å². The zero-order valence-corrected chi connectivity index (χ0v) is 10.7. The van der Waals surface area contributed by atoms with E-state index in [9.17, 15) is 4.79 Å². The van der Waals surface area contributed by atoms with Gasteiger partial charge in [0.1, 0.15) is 11.4 Å². The van der Waals surface area contributed by atoms with Crippen molar-refractivity contribution in [1.29, 1.82) is 0 Å². The van der Waals surface area contributed by atoms with E-state index in [1.165, 1.54) is 11.3 Å². The van der Waals surface area contributed by atoms with E-state index in [0.717, 1.165) is 16.3 Å². The van der Waals surface area contributed by atoms with Crippen LogP contribution in [0.3, 0.4) is 0 Å². The van der Waals surface area contributed by atoms with Gasteiger partial charge in [0.25, 0.3) is 0 Å². The highest BCUT2D eigenvalue weighted by Gasteiger charge is 2.11. The highest BCUT2D eigenvalue weighted by molar-refractivity contribution is 7.15. The monoisotopic (exact) mass is 274 g/mol. The fourth-order valence-corrected chi connectivity index (χ4v) is 2.71. The lowest BCUT2D eigenvalue weighted by Crippen LogP contribution is -1.99. The molecule has 0 radical (unpaired) electrons. The fourth-order valence-electron chi connectivity index (χ4n) is 1.80. The molecule has 3 aromatic rings. The van der Waals surface area contributed by atoms with E-state index in [0.29, 0.717) is 12.1 Å². The van der Waals surface area contributed by atoms with Gasteiger partial charge in [0, 0.05) is 29.7 Å². The number of hydrogen-bond acceptors (Lipinski definition) is 5. The maximum atomic E-state index is 10.6. The first-order valence-corrected chi connectivity index (χ1v) is 6.55. The molecule has 0 fully saturated rings. The van der Waals surface area contributed by atoms with Crippen LogP contribution in [0.25, 0.3) is 16.3 Å². The van der Waals surface area contributed by atoms with Crippen molar-refractivity contribution in [3.63, 3.8) is 0 Å². The summed E-state index contributed by atoms with van der Waals surface area (Å²) in [5, 5.41) is 10.7. The summed E-state index contributed by atoms with van der Waals surface area (Å²) in [6, 6.07) is 0. The number of thiazole rings is 1. The predicted octanol–water partition coefficient (Wildman–Crippen LogP) is 1.87. The molecule has 0 saturated carbocycles. The van der Waals surface area contributed by atoms with Crippen LogP contribution in [0, 0.1) is 0 Å². The molecule has 0 amide bonds. The van der Waals surface area contributed by atoms with Crippen LogP contribution in [0.5, 0.6) is 0 Å². The molecule has 0 atom stereocenters. The van der Waals surface area contributed by atoms with Gasteiger partial charge in [-0.3, -0.25) is 19.2 Å². The van der Waals surface area contributed by atoms with Gasteiger partial charge in [0.2, 0.25) is 0 Å². The molecular formula is C12H10N4O2S. The third-order valence-corrected chi connectivity index (χ3v) is 3.59. The number of imidazole rings is 1. The smallest absolute Gasteiger partial charge is 0.303 e. The van der Waals surface area contributed by atoms with E-state index >= 15 is 0 Å². The van der Waals surface area contributed by atoms with E-state index in [4.69, 9.17) is 5.11 Å². The highest BCUT2D eigenvalue weighted by atomic mass is 32.1. The third kappa shape index (κ3) is 2.32. The average molecular weight is 274 g/mol. The second-order valence-electron chi connectivity index (χ2n) is 3.99. The van der Waals surface area contributed by atoms with Gasteiger partial charge in [-0.2, -0.15) is 0 Å². The molecule has 3 aromatic heterocycles. The summed E-state index contributed by atoms with van der Waals surface area (Å²) in [5.41, 5.74) is 2.41. The summed E-state index contributed by atoms with van der Waals surface area (Å²) >= 11 is 1.49. The maximum Gasteiger partial charge on any atom is 0.303 e. The SMILES string of the molecule is O=C(O)CCc1csc2nc(-c3cnccn3)cn12. The minimum absolute atomic E-state index is 0.116. The van der Waals surface area contributed by atoms with Crippen molar-refractivity contribution >= 4 is 22.3 Å². The Balaban J connectivity index is 1.96. The van der Waals surface area contributed by atoms with Gasteiger partial charge >= 0.3 is 5.97 Å². The molecule has 96 valence electrons. The number of rotatable bonds is 4. The molecule has 3 heterocycles. The first-order valence-electron chi connectivity index (χ1n) is 5.67. The van der Waals surface area contributed by atoms with Gasteiger partial charge in [-0.25, -0.2) is 4.98 Å². The van der Waals surface area contributed by atoms with E-state index < -0.39 is 5.97 Å². The molecule has 7 heteroatoms. The Labute approximate surface area is 112 Å². The number of carboxylic acid groups (broad SMARTS) is 1. The Bertz CT molecular complexity index is 720. The summed E-state index contributed by atoms with van der Waals surface area (Å²) in [4.78, 5) is 24.1. The number of hydrogen-bond donors (Lipinski definition) is 1. The number of nitrogens with zero attached hydrogens (tertiary/aromatic N) is 4. The zero-order chi connectivity index (χ0) is 13.2. The quantitative estimate of drug-likeness (QED) is 0.785. The molecule has 0 aliphatic rings. The Hall–Kier alpha value is -2.28. The number of carboxylic acids is 1. The van der Waals surface area contributed by atoms with Crippen molar-refractivity contribution in [3.05, 3.63) is 35.9 Å². The Morgan fingerprint density at radius 2 is 2.26 bits per heavy atom. The van der Waals surface area contributed by atoms with Crippen molar-refractivity contribution in [2.24, 2.45) is 0 Å². The molecule has 0 aliphatic heterocycles. The van der Waals surface area contributed by atoms with Crippen LogP contribution in [0.15, 0.2) is 30.2 Å². The van der Waals surface area contributed by atoms with Gasteiger partial charge in [0.15, 0.2) is 4.96 Å². The van der Waals surface area contributed by atoms with Gasteiger partial charge in [-0.15, -0.1) is 11.3 Å². The molecular weight excluding hydrogens is 264 g/mol. The van der Waals surface area contributed by atoms with Crippen molar-refractivity contribution in [1.82, 2.24) is 19.4 Å².